The molecule has 2 aromatic rings. The number of carbonyl (C=O) groups is 2. The third kappa shape index (κ3) is 3.53. The Kier molecular flexibility index (Phi) is 4.13. The highest BCUT2D eigenvalue weighted by atomic mass is 16.4. The highest BCUT2D eigenvalue weighted by Gasteiger charge is 2.12. The molecule has 108 valence electrons. The highest BCUT2D eigenvalue weighted by molar-refractivity contribution is 6.06. The van der Waals surface area contributed by atoms with Gasteiger partial charge in [0.05, 0.1) is 11.3 Å². The van der Waals surface area contributed by atoms with Crippen LogP contribution in [0.3, 0.4) is 0 Å². The van der Waals surface area contributed by atoms with E-state index in [0.717, 1.165) is 11.8 Å². The van der Waals surface area contributed by atoms with Gasteiger partial charge in [0.25, 0.3) is 5.91 Å². The lowest BCUT2D eigenvalue weighted by Crippen LogP contribution is -2.15. The van der Waals surface area contributed by atoms with E-state index < -0.39 is 5.97 Å². The minimum absolute atomic E-state index is 0.335. The molecule has 7 heteroatoms. The van der Waals surface area contributed by atoms with E-state index in [1.165, 1.54) is 24.5 Å². The van der Waals surface area contributed by atoms with Crippen molar-refractivity contribution in [2.45, 2.75) is 6.92 Å². The summed E-state index contributed by atoms with van der Waals surface area (Å²) >= 11 is 0. The molecule has 0 aliphatic rings. The van der Waals surface area contributed by atoms with Crippen LogP contribution >= 0.6 is 0 Å². The van der Waals surface area contributed by atoms with Crippen molar-refractivity contribution in [3.63, 3.8) is 0 Å². The van der Waals surface area contributed by atoms with E-state index in [-0.39, 0.29) is 5.91 Å². The maximum atomic E-state index is 12.3. The lowest BCUT2D eigenvalue weighted by atomic mass is 10.1. The van der Waals surface area contributed by atoms with Gasteiger partial charge in [0, 0.05) is 37.1 Å². The van der Waals surface area contributed by atoms with Crippen LogP contribution in [0.15, 0.2) is 30.6 Å². The quantitative estimate of drug-likeness (QED) is 0.830. The SMILES string of the molecule is Cc1cc(NC(=O)c2ccncc2C=CC(=O)O)n(C)n1. The van der Waals surface area contributed by atoms with Crippen LogP contribution in [-0.4, -0.2) is 31.7 Å². The van der Waals surface area contributed by atoms with Crippen LogP contribution in [0.4, 0.5) is 5.82 Å². The van der Waals surface area contributed by atoms with Gasteiger partial charge >= 0.3 is 5.97 Å². The molecule has 2 aromatic heterocycles. The largest absolute Gasteiger partial charge is 0.478 e. The number of amides is 1. The fourth-order valence-corrected chi connectivity index (χ4v) is 1.82. The van der Waals surface area contributed by atoms with Gasteiger partial charge < -0.3 is 10.4 Å². The molecule has 0 saturated heterocycles. The molecule has 0 atom stereocenters. The average Bonchev–Trinajstić information content (AvgIpc) is 2.74. The zero-order chi connectivity index (χ0) is 15.4. The number of anilines is 1. The average molecular weight is 286 g/mol. The first-order valence-corrected chi connectivity index (χ1v) is 6.14. The van der Waals surface area contributed by atoms with Crippen LogP contribution in [0.25, 0.3) is 6.08 Å². The van der Waals surface area contributed by atoms with Crippen molar-refractivity contribution in [1.82, 2.24) is 14.8 Å². The second kappa shape index (κ2) is 6.00. The van der Waals surface area contributed by atoms with Crippen LogP contribution in [0.5, 0.6) is 0 Å². The number of aliphatic carboxylic acids is 1. The fraction of sp³-hybridized carbons (Fsp3) is 0.143. The smallest absolute Gasteiger partial charge is 0.328 e. The van der Waals surface area contributed by atoms with Gasteiger partial charge in [0.2, 0.25) is 0 Å². The summed E-state index contributed by atoms with van der Waals surface area (Å²) in [6, 6.07) is 3.27. The summed E-state index contributed by atoms with van der Waals surface area (Å²) in [5, 5.41) is 15.5. The first kappa shape index (κ1) is 14.4. The molecule has 21 heavy (non-hydrogen) atoms. The minimum atomic E-state index is -1.09. The zero-order valence-electron chi connectivity index (χ0n) is 11.6. The Bertz CT molecular complexity index is 719. The van der Waals surface area contributed by atoms with Crippen molar-refractivity contribution in [3.8, 4) is 0 Å². The van der Waals surface area contributed by atoms with Crippen molar-refractivity contribution in [2.24, 2.45) is 7.05 Å². The van der Waals surface area contributed by atoms with Gasteiger partial charge in [-0.2, -0.15) is 5.10 Å². The van der Waals surface area contributed by atoms with Crippen LogP contribution in [-0.2, 0) is 11.8 Å². The normalized spacial score (nSPS) is 10.8. The predicted octanol–water partition coefficient (Wildman–Crippen LogP) is 1.47. The van der Waals surface area contributed by atoms with E-state index in [1.54, 1.807) is 17.8 Å². The van der Waals surface area contributed by atoms with E-state index in [9.17, 15) is 9.59 Å². The summed E-state index contributed by atoms with van der Waals surface area (Å²) in [6.45, 7) is 1.82. The van der Waals surface area contributed by atoms with Gasteiger partial charge in [0.15, 0.2) is 0 Å². The second-order valence-electron chi connectivity index (χ2n) is 4.38. The molecule has 2 N–H and O–H groups in total. The maximum absolute atomic E-state index is 12.3. The van der Waals surface area contributed by atoms with E-state index in [4.69, 9.17) is 5.11 Å². The van der Waals surface area contributed by atoms with E-state index in [2.05, 4.69) is 15.4 Å². The Morgan fingerprint density at radius 2 is 2.19 bits per heavy atom. The Morgan fingerprint density at radius 1 is 1.43 bits per heavy atom. The molecule has 2 rings (SSSR count). The summed E-state index contributed by atoms with van der Waals surface area (Å²) in [7, 11) is 1.72. The Balaban J connectivity index is 2.27. The number of nitrogens with one attached hydrogen (secondary N) is 1. The van der Waals surface area contributed by atoms with Crippen molar-refractivity contribution in [3.05, 3.63) is 47.4 Å². The Morgan fingerprint density at radius 3 is 2.81 bits per heavy atom. The topological polar surface area (TPSA) is 97.1 Å². The van der Waals surface area contributed by atoms with Crippen LogP contribution < -0.4 is 5.32 Å². The number of carbonyl (C=O) groups excluding carboxylic acids is 1. The van der Waals surface area contributed by atoms with E-state index >= 15 is 0 Å². The molecule has 0 saturated carbocycles. The van der Waals surface area contributed by atoms with Crippen LogP contribution in [0.1, 0.15) is 21.6 Å². The van der Waals surface area contributed by atoms with Crippen molar-refractivity contribution >= 4 is 23.8 Å². The minimum Gasteiger partial charge on any atom is -0.478 e. The van der Waals surface area contributed by atoms with Gasteiger partial charge in [0.1, 0.15) is 5.82 Å². The molecule has 0 radical (unpaired) electrons. The first-order chi connectivity index (χ1) is 9.97. The summed E-state index contributed by atoms with van der Waals surface area (Å²) in [4.78, 5) is 26.7. The van der Waals surface area contributed by atoms with E-state index in [0.29, 0.717) is 16.9 Å². The molecular weight excluding hydrogens is 272 g/mol. The standard InChI is InChI=1S/C14H14N4O3/c1-9-7-12(18(2)17-9)16-14(21)11-5-6-15-8-10(11)3-4-13(19)20/h3-8H,1-2H3,(H,16,21)(H,19,20). The number of aryl methyl sites for hydroxylation is 2. The van der Waals surface area contributed by atoms with Crippen molar-refractivity contribution in [1.29, 1.82) is 0 Å². The number of hydrogen-bond acceptors (Lipinski definition) is 4. The third-order valence-corrected chi connectivity index (χ3v) is 2.75. The second-order valence-corrected chi connectivity index (χ2v) is 4.38. The first-order valence-electron chi connectivity index (χ1n) is 6.14. The van der Waals surface area contributed by atoms with Gasteiger partial charge in [-0.1, -0.05) is 0 Å². The number of rotatable bonds is 4. The fourth-order valence-electron chi connectivity index (χ4n) is 1.82. The summed E-state index contributed by atoms with van der Waals surface area (Å²) in [5.74, 6) is -0.889. The number of carboxylic acid groups (broad SMARTS) is 1. The van der Waals surface area contributed by atoms with Crippen LogP contribution in [0.2, 0.25) is 0 Å². The molecule has 0 bridgehead atoms. The summed E-state index contributed by atoms with van der Waals surface area (Å²) in [5.41, 5.74) is 1.55. The zero-order valence-corrected chi connectivity index (χ0v) is 11.6. The number of aromatic nitrogens is 3. The molecule has 7 nitrogen and oxygen atoms in total. The molecule has 1 amide bonds. The maximum Gasteiger partial charge on any atom is 0.328 e. The number of carboxylic acids is 1. The molecule has 0 aliphatic carbocycles. The van der Waals surface area contributed by atoms with Crippen molar-refractivity contribution < 1.29 is 14.7 Å². The van der Waals surface area contributed by atoms with Gasteiger partial charge in [-0.05, 0) is 19.1 Å². The van der Waals surface area contributed by atoms with Crippen molar-refractivity contribution in [2.75, 3.05) is 5.32 Å². The molecule has 0 aromatic carbocycles. The lowest BCUT2D eigenvalue weighted by Gasteiger charge is -2.07. The number of pyridine rings is 1. The number of hydrogen-bond donors (Lipinski definition) is 2. The summed E-state index contributed by atoms with van der Waals surface area (Å²) in [6.07, 6.45) is 5.20. The molecule has 0 spiro atoms. The molecule has 2 heterocycles. The van der Waals surface area contributed by atoms with Gasteiger partial charge in [-0.25, -0.2) is 4.79 Å². The Hall–Kier alpha value is -2.96. The molecule has 0 fully saturated rings. The van der Waals surface area contributed by atoms with Gasteiger partial charge in [-0.15, -0.1) is 0 Å². The molecule has 0 unspecified atom stereocenters. The lowest BCUT2D eigenvalue weighted by molar-refractivity contribution is -0.131. The summed E-state index contributed by atoms with van der Waals surface area (Å²) < 4.78 is 1.56. The van der Waals surface area contributed by atoms with Gasteiger partial charge in [-0.3, -0.25) is 14.5 Å². The monoisotopic (exact) mass is 286 g/mol. The highest BCUT2D eigenvalue weighted by Crippen LogP contribution is 2.14. The molecular formula is C14H14N4O3. The predicted molar refractivity (Wildman–Crippen MR) is 76.8 cm³/mol. The molecule has 0 aliphatic heterocycles. The van der Waals surface area contributed by atoms with Crippen LogP contribution in [0, 0.1) is 6.92 Å². The van der Waals surface area contributed by atoms with E-state index in [1.807, 2.05) is 6.92 Å². The Labute approximate surface area is 120 Å². The third-order valence-electron chi connectivity index (χ3n) is 2.75. The number of nitrogens with zero attached hydrogens (tertiary/aromatic N) is 3.